The van der Waals surface area contributed by atoms with Gasteiger partial charge >= 0.3 is 0 Å². The molecule has 1 aliphatic rings. The molecule has 1 fully saturated rings. The Bertz CT molecular complexity index is 646. The number of anilines is 2. The average Bonchev–Trinajstić information content (AvgIpc) is 2.50. The first-order chi connectivity index (χ1) is 10.8. The van der Waals surface area contributed by atoms with Crippen LogP contribution < -0.4 is 15.4 Å². The summed E-state index contributed by atoms with van der Waals surface area (Å²) in [5.41, 5.74) is 1.80. The summed E-state index contributed by atoms with van der Waals surface area (Å²) in [6.07, 6.45) is 5.36. The van der Waals surface area contributed by atoms with E-state index in [2.05, 4.69) is 26.7 Å². The van der Waals surface area contributed by atoms with Crippen molar-refractivity contribution >= 4 is 23.1 Å². The molecule has 1 aromatic heterocycles. The van der Waals surface area contributed by atoms with Crippen molar-refractivity contribution < 1.29 is 4.74 Å². The lowest BCUT2D eigenvalue weighted by Gasteiger charge is -2.27. The third kappa shape index (κ3) is 3.25. The number of hydrogen-bond donors (Lipinski definition) is 2. The average molecular weight is 319 g/mol. The molecule has 0 radical (unpaired) electrons. The molecule has 1 saturated carbocycles. The topological polar surface area (TPSA) is 59.1 Å². The van der Waals surface area contributed by atoms with E-state index in [0.29, 0.717) is 29.3 Å². The van der Waals surface area contributed by atoms with Gasteiger partial charge in [-0.1, -0.05) is 29.8 Å². The van der Waals surface area contributed by atoms with Crippen LogP contribution in [0, 0.1) is 0 Å². The lowest BCUT2D eigenvalue weighted by molar-refractivity contribution is 0.119. The van der Waals surface area contributed by atoms with E-state index >= 15 is 0 Å². The van der Waals surface area contributed by atoms with Crippen molar-refractivity contribution in [3.63, 3.8) is 0 Å². The fourth-order valence-corrected chi connectivity index (χ4v) is 2.56. The Labute approximate surface area is 135 Å². The molecule has 0 unspecified atom stereocenters. The third-order valence-corrected chi connectivity index (χ3v) is 4.10. The molecule has 1 aromatic carbocycles. The molecule has 0 saturated heterocycles. The fourth-order valence-electron chi connectivity index (χ4n) is 2.33. The number of aromatic nitrogens is 2. The zero-order valence-corrected chi connectivity index (χ0v) is 13.2. The van der Waals surface area contributed by atoms with Gasteiger partial charge in [-0.2, -0.15) is 0 Å². The number of rotatable bonds is 6. The summed E-state index contributed by atoms with van der Waals surface area (Å²) in [4.78, 5) is 8.20. The summed E-state index contributed by atoms with van der Waals surface area (Å²) < 4.78 is 6.04. The highest BCUT2D eigenvalue weighted by Crippen LogP contribution is 2.29. The van der Waals surface area contributed by atoms with Crippen LogP contribution in [-0.2, 0) is 6.54 Å². The van der Waals surface area contributed by atoms with Crippen LogP contribution in [0.25, 0.3) is 0 Å². The normalized spacial score (nSPS) is 14.3. The zero-order valence-electron chi connectivity index (χ0n) is 12.5. The molecule has 0 atom stereocenters. The summed E-state index contributed by atoms with van der Waals surface area (Å²) in [6, 6.07) is 8.08. The van der Waals surface area contributed by atoms with Crippen LogP contribution in [0.5, 0.6) is 5.75 Å². The van der Waals surface area contributed by atoms with Crippen LogP contribution in [0.15, 0.2) is 30.6 Å². The Hall–Kier alpha value is -2.01. The van der Waals surface area contributed by atoms with Gasteiger partial charge in [0.25, 0.3) is 0 Å². The van der Waals surface area contributed by atoms with Gasteiger partial charge in [0.2, 0.25) is 0 Å². The largest absolute Gasteiger partial charge is 0.490 e. The van der Waals surface area contributed by atoms with Crippen molar-refractivity contribution in [2.45, 2.75) is 31.9 Å². The van der Waals surface area contributed by atoms with Gasteiger partial charge in [0.1, 0.15) is 17.8 Å². The molecular weight excluding hydrogens is 300 g/mol. The molecule has 0 spiro atoms. The lowest BCUT2D eigenvalue weighted by atomic mass is 9.96. The third-order valence-electron chi connectivity index (χ3n) is 3.82. The Morgan fingerprint density at radius 3 is 2.82 bits per heavy atom. The van der Waals surface area contributed by atoms with Crippen LogP contribution in [0.4, 0.5) is 11.5 Å². The van der Waals surface area contributed by atoms with Crippen molar-refractivity contribution in [2.24, 2.45) is 0 Å². The van der Waals surface area contributed by atoms with Crippen molar-refractivity contribution in [3.8, 4) is 5.75 Å². The molecule has 22 heavy (non-hydrogen) atoms. The molecule has 0 aliphatic heterocycles. The van der Waals surface area contributed by atoms with E-state index in [-0.39, 0.29) is 0 Å². The first kappa shape index (κ1) is 14.9. The van der Waals surface area contributed by atoms with Gasteiger partial charge < -0.3 is 15.4 Å². The van der Waals surface area contributed by atoms with E-state index in [4.69, 9.17) is 16.3 Å². The fraction of sp³-hybridized carbons (Fsp3) is 0.375. The molecule has 6 heteroatoms. The van der Waals surface area contributed by atoms with E-state index in [0.717, 1.165) is 24.2 Å². The van der Waals surface area contributed by atoms with Crippen LogP contribution in [0.2, 0.25) is 5.15 Å². The highest BCUT2D eigenvalue weighted by atomic mass is 35.5. The monoisotopic (exact) mass is 318 g/mol. The van der Waals surface area contributed by atoms with Crippen molar-refractivity contribution in [1.82, 2.24) is 9.97 Å². The predicted molar refractivity (Wildman–Crippen MR) is 88.6 cm³/mol. The van der Waals surface area contributed by atoms with Gasteiger partial charge in [-0.3, -0.25) is 0 Å². The molecule has 3 rings (SSSR count). The summed E-state index contributed by atoms with van der Waals surface area (Å²) in [6.45, 7) is 0.616. The summed E-state index contributed by atoms with van der Waals surface area (Å²) in [5.74, 6) is 1.62. The minimum absolute atomic E-state index is 0.363. The van der Waals surface area contributed by atoms with Crippen LogP contribution in [0.1, 0.15) is 24.8 Å². The van der Waals surface area contributed by atoms with Gasteiger partial charge in [0, 0.05) is 19.2 Å². The highest BCUT2D eigenvalue weighted by Gasteiger charge is 2.20. The lowest BCUT2D eigenvalue weighted by Crippen LogP contribution is -2.25. The smallest absolute Gasteiger partial charge is 0.157 e. The Kier molecular flexibility index (Phi) is 4.63. The quantitative estimate of drug-likeness (QED) is 0.795. The van der Waals surface area contributed by atoms with Crippen molar-refractivity contribution in [3.05, 3.63) is 41.3 Å². The summed E-state index contributed by atoms with van der Waals surface area (Å²) in [5, 5.41) is 6.71. The van der Waals surface area contributed by atoms with E-state index in [1.807, 2.05) is 18.2 Å². The molecule has 2 aromatic rings. The number of nitrogens with zero attached hydrogens (tertiary/aromatic N) is 2. The van der Waals surface area contributed by atoms with Crippen LogP contribution in [0.3, 0.4) is 0 Å². The molecule has 1 heterocycles. The maximum absolute atomic E-state index is 6.06. The summed E-state index contributed by atoms with van der Waals surface area (Å²) >= 11 is 6.06. The molecule has 5 nitrogen and oxygen atoms in total. The number of ether oxygens (including phenoxy) is 1. The zero-order chi connectivity index (χ0) is 15.4. The van der Waals surface area contributed by atoms with Crippen LogP contribution in [-0.4, -0.2) is 23.1 Å². The van der Waals surface area contributed by atoms with E-state index < -0.39 is 0 Å². The van der Waals surface area contributed by atoms with Crippen molar-refractivity contribution in [2.75, 3.05) is 17.7 Å². The second kappa shape index (κ2) is 6.83. The summed E-state index contributed by atoms with van der Waals surface area (Å²) in [7, 11) is 1.80. The first-order valence-corrected chi connectivity index (χ1v) is 7.82. The van der Waals surface area contributed by atoms with Crippen LogP contribution >= 0.6 is 11.6 Å². The predicted octanol–water partition coefficient (Wildman–Crippen LogP) is 3.72. The van der Waals surface area contributed by atoms with Gasteiger partial charge in [0.05, 0.1) is 6.10 Å². The number of hydrogen-bond acceptors (Lipinski definition) is 5. The Morgan fingerprint density at radius 2 is 2.09 bits per heavy atom. The maximum atomic E-state index is 6.06. The minimum atomic E-state index is 0.363. The maximum Gasteiger partial charge on any atom is 0.157 e. The number of halogens is 1. The molecule has 1 aliphatic carbocycles. The molecule has 0 bridgehead atoms. The Morgan fingerprint density at radius 1 is 1.27 bits per heavy atom. The van der Waals surface area contributed by atoms with Crippen molar-refractivity contribution in [1.29, 1.82) is 0 Å². The number of para-hydroxylation sites is 1. The van der Waals surface area contributed by atoms with Gasteiger partial charge in [-0.05, 0) is 25.3 Å². The SMILES string of the molecule is CNc1c(Cl)ncnc1NCc1ccccc1OC1CCC1. The molecule has 2 N–H and O–H groups in total. The standard InChI is InChI=1S/C16H19ClN4O/c1-18-14-15(17)20-10-21-16(14)19-9-11-5-2-3-8-13(11)22-12-6-4-7-12/h2-3,5,8,10,12,18H,4,6-7,9H2,1H3,(H,19,20,21). The number of nitrogens with one attached hydrogen (secondary N) is 2. The second-order valence-corrected chi connectivity index (χ2v) is 5.63. The first-order valence-electron chi connectivity index (χ1n) is 7.44. The molecule has 0 amide bonds. The van der Waals surface area contributed by atoms with Gasteiger partial charge in [-0.15, -0.1) is 0 Å². The highest BCUT2D eigenvalue weighted by molar-refractivity contribution is 6.32. The Balaban J connectivity index is 1.72. The van der Waals surface area contributed by atoms with E-state index in [1.165, 1.54) is 12.7 Å². The second-order valence-electron chi connectivity index (χ2n) is 5.27. The molecular formula is C16H19ClN4O. The van der Waals surface area contributed by atoms with Gasteiger partial charge in [-0.25, -0.2) is 9.97 Å². The minimum Gasteiger partial charge on any atom is -0.490 e. The number of benzene rings is 1. The van der Waals surface area contributed by atoms with E-state index in [9.17, 15) is 0 Å². The molecule has 116 valence electrons. The van der Waals surface area contributed by atoms with E-state index in [1.54, 1.807) is 7.05 Å². The van der Waals surface area contributed by atoms with Gasteiger partial charge in [0.15, 0.2) is 11.0 Å².